The number of nitrogens with one attached hydrogen (secondary N) is 1. The topological polar surface area (TPSA) is 84.7 Å². The van der Waals surface area contributed by atoms with E-state index in [0.29, 0.717) is 32.0 Å². The number of ether oxygens (including phenoxy) is 1. The molecule has 25 heavy (non-hydrogen) atoms. The van der Waals surface area contributed by atoms with Gasteiger partial charge < -0.3 is 15.0 Å². The Labute approximate surface area is 140 Å². The number of benzene rings is 1. The summed E-state index contributed by atoms with van der Waals surface area (Å²) in [5.41, 5.74) is -0.963. The number of hydrogen-bond acceptors (Lipinski definition) is 5. The van der Waals surface area contributed by atoms with E-state index in [2.05, 4.69) is 5.32 Å². The van der Waals surface area contributed by atoms with Crippen molar-refractivity contribution >= 4 is 17.3 Å². The summed E-state index contributed by atoms with van der Waals surface area (Å²) in [4.78, 5) is 23.7. The monoisotopic (exact) mass is 359 g/mol. The molecule has 1 aromatic carbocycles. The van der Waals surface area contributed by atoms with E-state index < -0.39 is 34.5 Å². The maximum Gasteiger partial charge on any atom is 0.418 e. The Bertz CT molecular complexity index is 689. The molecule has 2 fully saturated rings. The first-order valence-electron chi connectivity index (χ1n) is 7.75. The van der Waals surface area contributed by atoms with Gasteiger partial charge in [-0.2, -0.15) is 13.2 Å². The number of halogens is 3. The number of nitro groups is 1. The Morgan fingerprint density at radius 2 is 2.00 bits per heavy atom. The highest BCUT2D eigenvalue weighted by Gasteiger charge is 2.53. The number of carbonyl (C=O) groups excluding carboxylic acids is 1. The van der Waals surface area contributed by atoms with Crippen LogP contribution in [0.4, 0.5) is 24.5 Å². The van der Waals surface area contributed by atoms with Crippen LogP contribution in [0.25, 0.3) is 0 Å². The van der Waals surface area contributed by atoms with Crippen LogP contribution < -0.4 is 10.2 Å². The predicted molar refractivity (Wildman–Crippen MR) is 82.0 cm³/mol. The molecule has 7 nitrogen and oxygen atoms in total. The summed E-state index contributed by atoms with van der Waals surface area (Å²) in [6.07, 6.45) is -4.61. The fraction of sp³-hybridized carbons (Fsp3) is 0.533. The van der Waals surface area contributed by atoms with E-state index in [1.807, 2.05) is 0 Å². The smallest absolute Gasteiger partial charge is 0.378 e. The van der Waals surface area contributed by atoms with Crippen LogP contribution in [-0.4, -0.2) is 43.2 Å². The van der Waals surface area contributed by atoms with Crippen molar-refractivity contribution in [1.29, 1.82) is 0 Å². The van der Waals surface area contributed by atoms with Crippen LogP contribution in [-0.2, 0) is 15.7 Å². The summed E-state index contributed by atoms with van der Waals surface area (Å²) < 4.78 is 45.3. The summed E-state index contributed by atoms with van der Waals surface area (Å²) >= 11 is 0. The number of anilines is 2. The average molecular weight is 359 g/mol. The molecule has 1 aromatic rings. The number of alkyl halides is 3. The van der Waals surface area contributed by atoms with Gasteiger partial charge in [0.1, 0.15) is 5.92 Å². The quantitative estimate of drug-likeness (QED) is 0.658. The first-order chi connectivity index (χ1) is 11.8. The third-order valence-electron chi connectivity index (χ3n) is 4.31. The minimum atomic E-state index is -4.66. The number of amides is 1. The van der Waals surface area contributed by atoms with Gasteiger partial charge in [-0.1, -0.05) is 0 Å². The zero-order valence-corrected chi connectivity index (χ0v) is 13.1. The van der Waals surface area contributed by atoms with Crippen LogP contribution in [0.3, 0.4) is 0 Å². The first kappa shape index (κ1) is 17.5. The van der Waals surface area contributed by atoms with E-state index in [4.69, 9.17) is 4.74 Å². The van der Waals surface area contributed by atoms with E-state index in [1.165, 1.54) is 12.1 Å². The molecule has 1 aliphatic carbocycles. The molecule has 0 unspecified atom stereocenters. The average Bonchev–Trinajstić information content (AvgIpc) is 3.36. The van der Waals surface area contributed by atoms with Gasteiger partial charge in [-0.3, -0.25) is 14.9 Å². The second-order valence-electron chi connectivity index (χ2n) is 6.01. The Kier molecular flexibility index (Phi) is 4.55. The third kappa shape index (κ3) is 3.84. The summed E-state index contributed by atoms with van der Waals surface area (Å²) in [5, 5.41) is 12.8. The van der Waals surface area contributed by atoms with Crippen LogP contribution >= 0.6 is 0 Å². The van der Waals surface area contributed by atoms with E-state index >= 15 is 0 Å². The van der Waals surface area contributed by atoms with Gasteiger partial charge in [0.15, 0.2) is 0 Å². The van der Waals surface area contributed by atoms with Gasteiger partial charge in [0.05, 0.1) is 24.5 Å². The molecule has 2 atom stereocenters. The van der Waals surface area contributed by atoms with Crippen molar-refractivity contribution in [2.45, 2.75) is 18.6 Å². The van der Waals surface area contributed by atoms with Crippen molar-refractivity contribution < 1.29 is 27.6 Å². The van der Waals surface area contributed by atoms with Gasteiger partial charge in [-0.15, -0.1) is 0 Å². The summed E-state index contributed by atoms with van der Waals surface area (Å²) in [6.45, 7) is 1.83. The fourth-order valence-corrected chi connectivity index (χ4v) is 2.82. The molecule has 10 heteroatoms. The Hall–Kier alpha value is -2.36. The molecule has 0 radical (unpaired) electrons. The Morgan fingerprint density at radius 1 is 1.32 bits per heavy atom. The Morgan fingerprint density at radius 3 is 2.56 bits per heavy atom. The fourth-order valence-electron chi connectivity index (χ4n) is 2.82. The number of rotatable bonds is 4. The molecule has 1 saturated heterocycles. The maximum atomic E-state index is 13.4. The number of carbonyl (C=O) groups is 1. The number of hydrogen-bond donors (Lipinski definition) is 1. The lowest BCUT2D eigenvalue weighted by Crippen LogP contribution is -2.36. The molecule has 0 bridgehead atoms. The van der Waals surface area contributed by atoms with Crippen molar-refractivity contribution in [1.82, 2.24) is 0 Å². The molecule has 3 rings (SSSR count). The predicted octanol–water partition coefficient (Wildman–Crippen LogP) is 2.15. The molecule has 0 spiro atoms. The molecular weight excluding hydrogens is 343 g/mol. The highest BCUT2D eigenvalue weighted by atomic mass is 19.4. The van der Waals surface area contributed by atoms with Gasteiger partial charge in [-0.25, -0.2) is 0 Å². The van der Waals surface area contributed by atoms with Crippen molar-refractivity contribution in [2.24, 2.45) is 5.92 Å². The minimum Gasteiger partial charge on any atom is -0.378 e. The maximum absolute atomic E-state index is 13.4. The largest absolute Gasteiger partial charge is 0.418 e. The molecule has 1 saturated carbocycles. The lowest BCUT2D eigenvalue weighted by atomic mass is 10.1. The highest BCUT2D eigenvalue weighted by Crippen LogP contribution is 2.39. The molecule has 1 amide bonds. The molecule has 136 valence electrons. The third-order valence-corrected chi connectivity index (χ3v) is 4.31. The minimum absolute atomic E-state index is 0.0477. The van der Waals surface area contributed by atoms with Gasteiger partial charge in [0.2, 0.25) is 11.9 Å². The van der Waals surface area contributed by atoms with Gasteiger partial charge in [0, 0.05) is 30.1 Å². The second kappa shape index (κ2) is 6.51. The number of morpholine rings is 1. The van der Waals surface area contributed by atoms with Crippen LogP contribution in [0.2, 0.25) is 0 Å². The van der Waals surface area contributed by atoms with Crippen LogP contribution in [0.1, 0.15) is 12.0 Å². The standard InChI is InChI=1S/C15H16F3N3O4/c16-15(17,18)11-7-9(20-3-5-25-6-4-20)1-2-12(11)19-14(22)10-8-13(10)21(23)24/h1-2,7,10,13H,3-6,8H2,(H,19,22)/t10-,13-/m0/s1. The van der Waals surface area contributed by atoms with Crippen molar-refractivity contribution in [3.8, 4) is 0 Å². The van der Waals surface area contributed by atoms with Gasteiger partial charge in [-0.05, 0) is 18.2 Å². The second-order valence-corrected chi connectivity index (χ2v) is 6.01. The lowest BCUT2D eigenvalue weighted by Gasteiger charge is -2.29. The zero-order chi connectivity index (χ0) is 18.2. The van der Waals surface area contributed by atoms with E-state index in [-0.39, 0.29) is 12.1 Å². The van der Waals surface area contributed by atoms with Crippen LogP contribution in [0.5, 0.6) is 0 Å². The first-order valence-corrected chi connectivity index (χ1v) is 7.75. The van der Waals surface area contributed by atoms with Gasteiger partial charge >= 0.3 is 6.18 Å². The van der Waals surface area contributed by atoms with E-state index in [9.17, 15) is 28.1 Å². The molecule has 0 aromatic heterocycles. The van der Waals surface area contributed by atoms with Crippen molar-refractivity contribution in [3.63, 3.8) is 0 Å². The summed E-state index contributed by atoms with van der Waals surface area (Å²) in [7, 11) is 0. The van der Waals surface area contributed by atoms with Crippen molar-refractivity contribution in [2.75, 3.05) is 36.5 Å². The van der Waals surface area contributed by atoms with E-state index in [1.54, 1.807) is 4.90 Å². The molecule has 1 N–H and O–H groups in total. The lowest BCUT2D eigenvalue weighted by molar-refractivity contribution is -0.497. The van der Waals surface area contributed by atoms with E-state index in [0.717, 1.165) is 6.07 Å². The molecule has 2 aliphatic rings. The summed E-state index contributed by atoms with van der Waals surface area (Å²) in [5.74, 6) is -1.64. The zero-order valence-electron chi connectivity index (χ0n) is 13.1. The van der Waals surface area contributed by atoms with Crippen LogP contribution in [0.15, 0.2) is 18.2 Å². The Balaban J connectivity index is 1.81. The normalized spacial score (nSPS) is 23.2. The highest BCUT2D eigenvalue weighted by molar-refractivity contribution is 5.95. The molecular formula is C15H16F3N3O4. The van der Waals surface area contributed by atoms with Crippen molar-refractivity contribution in [3.05, 3.63) is 33.9 Å². The molecule has 1 heterocycles. The SMILES string of the molecule is O=C(Nc1ccc(N2CCOCC2)cc1C(F)(F)F)[C@H]1C[C@@H]1[N+](=O)[O-]. The number of nitrogens with zero attached hydrogens (tertiary/aromatic N) is 2. The van der Waals surface area contributed by atoms with Gasteiger partial charge in [0.25, 0.3) is 0 Å². The van der Waals surface area contributed by atoms with Crippen LogP contribution in [0, 0.1) is 16.0 Å². The summed E-state index contributed by atoms with van der Waals surface area (Å²) in [6, 6.07) is 2.66. The molecule has 1 aliphatic heterocycles.